The van der Waals surface area contributed by atoms with Gasteiger partial charge < -0.3 is 14.6 Å². The van der Waals surface area contributed by atoms with Gasteiger partial charge in [0.15, 0.2) is 0 Å². The van der Waals surface area contributed by atoms with Crippen LogP contribution >= 0.6 is 0 Å². The van der Waals surface area contributed by atoms with E-state index in [0.717, 1.165) is 57.0 Å². The topological polar surface area (TPSA) is 110 Å². The number of benzene rings is 2. The van der Waals surface area contributed by atoms with E-state index in [2.05, 4.69) is 26.7 Å². The number of amides is 2. The van der Waals surface area contributed by atoms with Crippen LogP contribution in [-0.4, -0.2) is 56.4 Å². The van der Waals surface area contributed by atoms with Crippen molar-refractivity contribution in [2.45, 2.75) is 69.7 Å². The van der Waals surface area contributed by atoms with Crippen LogP contribution in [0.4, 0.5) is 0 Å². The molecule has 3 heterocycles. The number of hydrogen-bond acceptors (Lipinski definition) is 5. The van der Waals surface area contributed by atoms with Crippen molar-refractivity contribution in [1.29, 1.82) is 0 Å². The molecule has 1 spiro atoms. The van der Waals surface area contributed by atoms with Gasteiger partial charge in [-0.2, -0.15) is 12.7 Å². The summed E-state index contributed by atoms with van der Waals surface area (Å²) in [5.41, 5.74) is 5.23. The number of carbonyl (C=O) groups is 2. The maximum absolute atomic E-state index is 14.0. The summed E-state index contributed by atoms with van der Waals surface area (Å²) in [6, 6.07) is 11.8. The van der Waals surface area contributed by atoms with E-state index in [1.165, 1.54) is 31.9 Å². The molecule has 3 aromatic rings. The highest BCUT2D eigenvalue weighted by molar-refractivity contribution is 7.87. The average Bonchev–Trinajstić information content (AvgIpc) is 3.66. The maximum atomic E-state index is 14.0. The lowest BCUT2D eigenvalue weighted by Crippen LogP contribution is -2.42. The number of aromatic nitrogens is 1. The predicted molar refractivity (Wildman–Crippen MR) is 161 cm³/mol. The number of carbonyl (C=O) groups excluding carboxylic acids is 2. The summed E-state index contributed by atoms with van der Waals surface area (Å²) in [5.74, 6) is 0.604. The first-order valence-electron chi connectivity index (χ1n) is 15.1. The highest BCUT2D eigenvalue weighted by Crippen LogP contribution is 2.65. The summed E-state index contributed by atoms with van der Waals surface area (Å²) in [7, 11) is -0.868. The van der Waals surface area contributed by atoms with Crippen LogP contribution in [0.2, 0.25) is 0 Å². The summed E-state index contributed by atoms with van der Waals surface area (Å²) >= 11 is 0. The summed E-state index contributed by atoms with van der Waals surface area (Å²) in [4.78, 5) is 27.3. The Labute approximate surface area is 246 Å². The molecule has 0 saturated heterocycles. The number of nitrogens with zero attached hydrogens (tertiary/aromatic N) is 2. The van der Waals surface area contributed by atoms with Gasteiger partial charge in [0.25, 0.3) is 5.91 Å². The van der Waals surface area contributed by atoms with Crippen molar-refractivity contribution in [3.05, 3.63) is 53.1 Å². The Balaban J connectivity index is 1.48. The molecule has 2 aromatic carbocycles. The van der Waals surface area contributed by atoms with Crippen molar-refractivity contribution in [1.82, 2.24) is 18.9 Å². The van der Waals surface area contributed by atoms with Crippen molar-refractivity contribution < 1.29 is 22.7 Å². The van der Waals surface area contributed by atoms with Gasteiger partial charge in [-0.05, 0) is 79.5 Å². The summed E-state index contributed by atoms with van der Waals surface area (Å²) in [5, 5.41) is 4.27. The first kappa shape index (κ1) is 27.5. The summed E-state index contributed by atoms with van der Waals surface area (Å²) in [6.45, 7) is 1.22. The van der Waals surface area contributed by atoms with Crippen molar-refractivity contribution in [3.63, 3.8) is 0 Å². The lowest BCUT2D eigenvalue weighted by molar-refractivity contribution is -0.127. The summed E-state index contributed by atoms with van der Waals surface area (Å²) in [6.07, 6.45) is 7.72. The monoisotopic (exact) mass is 590 g/mol. The molecule has 2 N–H and O–H groups in total. The van der Waals surface area contributed by atoms with Gasteiger partial charge >= 0.3 is 10.2 Å². The Bertz CT molecular complexity index is 1710. The molecule has 2 aliphatic carbocycles. The van der Waals surface area contributed by atoms with Gasteiger partial charge in [-0.25, -0.2) is 4.72 Å². The van der Waals surface area contributed by atoms with E-state index < -0.39 is 21.5 Å². The van der Waals surface area contributed by atoms with Gasteiger partial charge in [0, 0.05) is 54.6 Å². The van der Waals surface area contributed by atoms with Crippen LogP contribution in [0.1, 0.15) is 84.7 Å². The van der Waals surface area contributed by atoms with E-state index in [1.807, 2.05) is 18.2 Å². The zero-order valence-electron chi connectivity index (χ0n) is 24.2. The summed E-state index contributed by atoms with van der Waals surface area (Å²) < 4.78 is 37.2. The molecule has 10 heteroatoms. The van der Waals surface area contributed by atoms with Crippen LogP contribution < -0.4 is 14.8 Å². The fraction of sp³-hybridized carbons (Fsp3) is 0.500. The fourth-order valence-corrected chi connectivity index (χ4v) is 8.53. The molecule has 2 amide bonds. The van der Waals surface area contributed by atoms with Crippen LogP contribution in [-0.2, 0) is 21.5 Å². The van der Waals surface area contributed by atoms with E-state index in [1.54, 1.807) is 13.2 Å². The Morgan fingerprint density at radius 2 is 1.81 bits per heavy atom. The molecule has 9 nitrogen and oxygen atoms in total. The van der Waals surface area contributed by atoms with Crippen LogP contribution in [0.15, 0.2) is 36.4 Å². The van der Waals surface area contributed by atoms with Crippen LogP contribution in [0.3, 0.4) is 0 Å². The highest BCUT2D eigenvalue weighted by Gasteiger charge is 2.62. The lowest BCUT2D eigenvalue weighted by atomic mass is 9.81. The smallest absolute Gasteiger partial charge is 0.303 e. The molecule has 0 radical (unpaired) electrons. The number of nitrogens with one attached hydrogen (secondary N) is 2. The predicted octanol–water partition coefficient (Wildman–Crippen LogP) is 4.67. The minimum absolute atomic E-state index is 0.0390. The van der Waals surface area contributed by atoms with Gasteiger partial charge in [-0.15, -0.1) is 0 Å². The van der Waals surface area contributed by atoms with Gasteiger partial charge in [0.05, 0.1) is 18.2 Å². The highest BCUT2D eigenvalue weighted by atomic mass is 32.2. The standard InChI is InChI=1S/C32H38N4O5S/c1-35-15-7-6-14-33-31(38)32-18-26(32)25-17-22(41-2)11-13-23(25)29-28(20-8-4-3-5-9-20)24-12-10-21(16-27(24)36(29)19-32)30(37)34-42(35,39)40/h10-13,16-17,20,26H,3-9,14-15,18-19H2,1-2H3,(H,33,38)(H,34,37)/t26-,32-/m0/s1. The Morgan fingerprint density at radius 3 is 2.60 bits per heavy atom. The molecule has 4 aliphatic rings. The molecule has 0 unspecified atom stereocenters. The van der Waals surface area contributed by atoms with Crippen molar-refractivity contribution >= 4 is 32.9 Å². The molecule has 1 aromatic heterocycles. The molecule has 7 rings (SSSR count). The quantitative estimate of drug-likeness (QED) is 0.451. The van der Waals surface area contributed by atoms with E-state index in [0.29, 0.717) is 31.8 Å². The molecule has 222 valence electrons. The minimum atomic E-state index is -4.01. The van der Waals surface area contributed by atoms with Crippen LogP contribution in [0.5, 0.6) is 5.75 Å². The van der Waals surface area contributed by atoms with E-state index in [-0.39, 0.29) is 23.9 Å². The molecule has 4 bridgehead atoms. The van der Waals surface area contributed by atoms with Gasteiger partial charge in [-0.3, -0.25) is 9.59 Å². The zero-order valence-corrected chi connectivity index (χ0v) is 25.1. The number of hydrogen-bond donors (Lipinski definition) is 2. The Kier molecular flexibility index (Phi) is 6.62. The van der Waals surface area contributed by atoms with Gasteiger partial charge in [0.2, 0.25) is 5.91 Å². The third kappa shape index (κ3) is 4.33. The second-order valence-corrected chi connectivity index (χ2v) is 14.3. The zero-order chi connectivity index (χ0) is 29.2. The Morgan fingerprint density at radius 1 is 1.00 bits per heavy atom. The van der Waals surface area contributed by atoms with Crippen LogP contribution in [0, 0.1) is 5.41 Å². The van der Waals surface area contributed by atoms with Crippen molar-refractivity contribution in [3.8, 4) is 17.0 Å². The third-order valence-electron chi connectivity index (χ3n) is 10.1. The van der Waals surface area contributed by atoms with Gasteiger partial charge in [0.1, 0.15) is 5.75 Å². The van der Waals surface area contributed by atoms with Crippen molar-refractivity contribution in [2.24, 2.45) is 5.41 Å². The Hall–Kier alpha value is -3.37. The van der Waals surface area contributed by atoms with Crippen LogP contribution in [0.25, 0.3) is 22.2 Å². The molecular formula is C32H38N4O5S. The van der Waals surface area contributed by atoms with Crippen molar-refractivity contribution in [2.75, 3.05) is 27.2 Å². The lowest BCUT2D eigenvalue weighted by Gasteiger charge is -2.24. The second kappa shape index (κ2) is 10.1. The average molecular weight is 591 g/mol. The second-order valence-electron chi connectivity index (χ2n) is 12.5. The van der Waals surface area contributed by atoms with E-state index in [4.69, 9.17) is 4.74 Å². The fourth-order valence-electron chi connectivity index (χ4n) is 7.65. The van der Waals surface area contributed by atoms with E-state index >= 15 is 0 Å². The molecule has 2 atom stereocenters. The largest absolute Gasteiger partial charge is 0.497 e. The molecule has 2 fully saturated rings. The minimum Gasteiger partial charge on any atom is -0.497 e. The maximum Gasteiger partial charge on any atom is 0.303 e. The third-order valence-corrected chi connectivity index (χ3v) is 11.5. The molecule has 2 aliphatic heterocycles. The molecule has 2 saturated carbocycles. The molecular weight excluding hydrogens is 552 g/mol. The number of methoxy groups -OCH3 is 1. The van der Waals surface area contributed by atoms with Gasteiger partial charge in [-0.1, -0.05) is 25.3 Å². The number of rotatable bonds is 2. The molecule has 42 heavy (non-hydrogen) atoms. The SMILES string of the molecule is COc1ccc2c(c1)[C@@H]1C[C@]13Cn1c-2c(C2CCCCC2)c2ccc(cc21)C(=O)NS(=O)(=O)N(C)CCCCNC3=O. The normalized spacial score (nSPS) is 26.3. The number of ether oxygens (including phenoxy) is 1. The first-order valence-corrected chi connectivity index (χ1v) is 16.6. The number of fused-ring (bicyclic) bond motifs is 4. The first-order chi connectivity index (χ1) is 20.2. The van der Waals surface area contributed by atoms with E-state index in [9.17, 15) is 18.0 Å².